The summed E-state index contributed by atoms with van der Waals surface area (Å²) in [6.45, 7) is 2.55. The molecule has 0 saturated carbocycles. The Hall–Kier alpha value is -2.49. The number of anilines is 1. The normalized spacial score (nSPS) is 10.7. The zero-order valence-corrected chi connectivity index (χ0v) is 11.5. The number of benzene rings is 1. The maximum absolute atomic E-state index is 5.54. The van der Waals surface area contributed by atoms with Gasteiger partial charge in [0.25, 0.3) is 0 Å². The molecule has 0 fully saturated rings. The fraction of sp³-hybridized carbons (Fsp3) is 0.188. The van der Waals surface area contributed by atoms with Gasteiger partial charge in [-0.05, 0) is 48.7 Å². The van der Waals surface area contributed by atoms with Crippen LogP contribution < -0.4 is 10.1 Å². The molecule has 2 aromatic heterocycles. The van der Waals surface area contributed by atoms with Gasteiger partial charge in [0.2, 0.25) is 0 Å². The quantitative estimate of drug-likeness (QED) is 0.782. The maximum Gasteiger partial charge on any atom is 0.134 e. The number of fused-ring (bicyclic) bond motifs is 1. The van der Waals surface area contributed by atoms with E-state index >= 15 is 0 Å². The number of ether oxygens (including phenoxy) is 1. The van der Waals surface area contributed by atoms with E-state index in [0.29, 0.717) is 6.54 Å². The molecule has 4 nitrogen and oxygen atoms in total. The predicted octanol–water partition coefficient (Wildman–Crippen LogP) is 3.76. The van der Waals surface area contributed by atoms with Gasteiger partial charge >= 0.3 is 0 Å². The number of aromatic nitrogens is 1. The van der Waals surface area contributed by atoms with Crippen molar-refractivity contribution in [1.82, 2.24) is 4.98 Å². The van der Waals surface area contributed by atoms with E-state index in [2.05, 4.69) is 10.3 Å². The minimum absolute atomic E-state index is 0.617. The summed E-state index contributed by atoms with van der Waals surface area (Å²) in [6, 6.07) is 11.8. The fourth-order valence-electron chi connectivity index (χ4n) is 2.17. The molecule has 0 spiro atoms. The summed E-state index contributed by atoms with van der Waals surface area (Å²) in [4.78, 5) is 4.39. The van der Waals surface area contributed by atoms with Crippen molar-refractivity contribution in [3.63, 3.8) is 0 Å². The Kier molecular flexibility index (Phi) is 3.29. The predicted molar refractivity (Wildman–Crippen MR) is 79.1 cm³/mol. The van der Waals surface area contributed by atoms with Gasteiger partial charge in [0.15, 0.2) is 0 Å². The highest BCUT2D eigenvalue weighted by atomic mass is 16.5. The first kappa shape index (κ1) is 12.5. The summed E-state index contributed by atoms with van der Waals surface area (Å²) in [7, 11) is 1.67. The van der Waals surface area contributed by atoms with Crippen molar-refractivity contribution in [2.75, 3.05) is 12.4 Å². The van der Waals surface area contributed by atoms with Crippen molar-refractivity contribution >= 4 is 16.6 Å². The smallest absolute Gasteiger partial charge is 0.134 e. The molecule has 0 aliphatic rings. The number of rotatable bonds is 4. The highest BCUT2D eigenvalue weighted by molar-refractivity contribution is 5.92. The third-order valence-corrected chi connectivity index (χ3v) is 3.20. The van der Waals surface area contributed by atoms with Crippen molar-refractivity contribution in [2.45, 2.75) is 13.5 Å². The van der Waals surface area contributed by atoms with Gasteiger partial charge in [0.1, 0.15) is 23.1 Å². The highest BCUT2D eigenvalue weighted by Crippen LogP contribution is 2.25. The molecule has 0 radical (unpaired) electrons. The van der Waals surface area contributed by atoms with Crippen LogP contribution >= 0.6 is 0 Å². The zero-order valence-electron chi connectivity index (χ0n) is 11.5. The van der Waals surface area contributed by atoms with Crippen LogP contribution in [0.2, 0.25) is 0 Å². The second-order valence-electron chi connectivity index (χ2n) is 4.61. The van der Waals surface area contributed by atoms with Crippen LogP contribution in [0.15, 0.2) is 47.0 Å². The number of hydrogen-bond donors (Lipinski definition) is 1. The van der Waals surface area contributed by atoms with Gasteiger partial charge in [-0.15, -0.1) is 0 Å². The number of methoxy groups -OCH3 is 1. The lowest BCUT2D eigenvalue weighted by atomic mass is 10.1. The third kappa shape index (κ3) is 2.45. The Morgan fingerprint density at radius 2 is 2.10 bits per heavy atom. The van der Waals surface area contributed by atoms with Gasteiger partial charge in [-0.1, -0.05) is 0 Å². The third-order valence-electron chi connectivity index (χ3n) is 3.20. The number of nitrogens with zero attached hydrogens (tertiary/aromatic N) is 1. The van der Waals surface area contributed by atoms with Gasteiger partial charge in [0.05, 0.1) is 13.7 Å². The number of hydrogen-bond acceptors (Lipinski definition) is 4. The minimum Gasteiger partial charge on any atom is -0.497 e. The number of nitrogens with one attached hydrogen (secondary N) is 1. The van der Waals surface area contributed by atoms with E-state index in [-0.39, 0.29) is 0 Å². The van der Waals surface area contributed by atoms with Crippen LogP contribution in [0.25, 0.3) is 10.8 Å². The van der Waals surface area contributed by atoms with E-state index < -0.39 is 0 Å². The molecule has 0 unspecified atom stereocenters. The molecule has 0 aliphatic carbocycles. The highest BCUT2D eigenvalue weighted by Gasteiger charge is 2.05. The Balaban J connectivity index is 1.87. The molecule has 0 amide bonds. The maximum atomic E-state index is 5.54. The van der Waals surface area contributed by atoms with Crippen molar-refractivity contribution in [3.8, 4) is 5.75 Å². The van der Waals surface area contributed by atoms with E-state index in [9.17, 15) is 0 Å². The Morgan fingerprint density at radius 1 is 1.20 bits per heavy atom. The van der Waals surface area contributed by atoms with E-state index in [0.717, 1.165) is 33.9 Å². The van der Waals surface area contributed by atoms with Gasteiger partial charge in [-0.2, -0.15) is 0 Å². The summed E-state index contributed by atoms with van der Waals surface area (Å²) in [5.41, 5.74) is 0. The monoisotopic (exact) mass is 268 g/mol. The lowest BCUT2D eigenvalue weighted by Crippen LogP contribution is -2.01. The van der Waals surface area contributed by atoms with Crippen LogP contribution in [0.5, 0.6) is 5.75 Å². The van der Waals surface area contributed by atoms with Crippen LogP contribution in [0, 0.1) is 6.92 Å². The second-order valence-corrected chi connectivity index (χ2v) is 4.61. The van der Waals surface area contributed by atoms with Gasteiger partial charge < -0.3 is 14.5 Å². The minimum atomic E-state index is 0.617. The molecule has 20 heavy (non-hydrogen) atoms. The molecule has 0 saturated heterocycles. The molecule has 2 heterocycles. The first-order valence-corrected chi connectivity index (χ1v) is 6.48. The Labute approximate surface area is 117 Å². The number of pyridine rings is 1. The van der Waals surface area contributed by atoms with Gasteiger partial charge in [-0.3, -0.25) is 0 Å². The molecule has 102 valence electrons. The summed E-state index contributed by atoms with van der Waals surface area (Å²) in [6.07, 6.45) is 1.79. The van der Waals surface area contributed by atoms with Crippen LogP contribution in [-0.2, 0) is 6.54 Å². The number of furan rings is 1. The topological polar surface area (TPSA) is 47.3 Å². The van der Waals surface area contributed by atoms with Crippen molar-refractivity contribution in [3.05, 3.63) is 54.1 Å². The van der Waals surface area contributed by atoms with Crippen molar-refractivity contribution < 1.29 is 9.15 Å². The molecule has 0 bridgehead atoms. The van der Waals surface area contributed by atoms with Gasteiger partial charge in [-0.25, -0.2) is 4.98 Å². The average Bonchev–Trinajstić information content (AvgIpc) is 2.90. The molecular weight excluding hydrogens is 252 g/mol. The van der Waals surface area contributed by atoms with E-state index in [4.69, 9.17) is 9.15 Å². The second kappa shape index (κ2) is 5.25. The molecule has 1 aromatic carbocycles. The molecule has 3 aromatic rings. The lowest BCUT2D eigenvalue weighted by molar-refractivity contribution is 0.415. The summed E-state index contributed by atoms with van der Waals surface area (Å²) < 4.78 is 10.8. The summed E-state index contributed by atoms with van der Waals surface area (Å²) >= 11 is 0. The van der Waals surface area contributed by atoms with Crippen molar-refractivity contribution in [1.29, 1.82) is 0 Å². The van der Waals surface area contributed by atoms with Crippen LogP contribution in [-0.4, -0.2) is 12.1 Å². The molecule has 0 aliphatic heterocycles. The van der Waals surface area contributed by atoms with Gasteiger partial charge in [0, 0.05) is 11.6 Å². The van der Waals surface area contributed by atoms with E-state index in [1.165, 1.54) is 0 Å². The molecule has 4 heteroatoms. The SMILES string of the molecule is COc1ccc2c(NCc3ccc(C)o3)nccc2c1. The molecule has 0 atom stereocenters. The van der Waals surface area contributed by atoms with Crippen LogP contribution in [0.4, 0.5) is 5.82 Å². The average molecular weight is 268 g/mol. The summed E-state index contributed by atoms with van der Waals surface area (Å²) in [5, 5.41) is 5.47. The van der Waals surface area contributed by atoms with Crippen molar-refractivity contribution in [2.24, 2.45) is 0 Å². The first-order chi connectivity index (χ1) is 9.76. The van der Waals surface area contributed by atoms with Crippen LogP contribution in [0.1, 0.15) is 11.5 Å². The molecular formula is C16H16N2O2. The zero-order chi connectivity index (χ0) is 13.9. The number of aryl methyl sites for hydroxylation is 1. The first-order valence-electron chi connectivity index (χ1n) is 6.48. The standard InChI is InChI=1S/C16H16N2O2/c1-11-3-4-14(20-11)10-18-16-15-6-5-13(19-2)9-12(15)7-8-17-16/h3-9H,10H2,1-2H3,(H,17,18). The fourth-order valence-corrected chi connectivity index (χ4v) is 2.17. The molecule has 3 rings (SSSR count). The molecule has 1 N–H and O–H groups in total. The van der Waals surface area contributed by atoms with Crippen LogP contribution in [0.3, 0.4) is 0 Å². The summed E-state index contributed by atoms with van der Waals surface area (Å²) in [5.74, 6) is 3.50. The largest absolute Gasteiger partial charge is 0.497 e. The van der Waals surface area contributed by atoms with E-state index in [1.807, 2.05) is 43.3 Å². The van der Waals surface area contributed by atoms with E-state index in [1.54, 1.807) is 13.3 Å². The Morgan fingerprint density at radius 3 is 2.85 bits per heavy atom. The Bertz CT molecular complexity index is 734. The lowest BCUT2D eigenvalue weighted by Gasteiger charge is -2.08.